The third kappa shape index (κ3) is 22.0. The summed E-state index contributed by atoms with van der Waals surface area (Å²) in [5, 5.41) is 9.76. The molecule has 192 valence electrons. The first-order valence-electron chi connectivity index (χ1n) is 12.3. The van der Waals surface area contributed by atoms with Gasteiger partial charge in [0.15, 0.2) is 0 Å². The van der Waals surface area contributed by atoms with E-state index >= 15 is 0 Å². The number of carboxylic acids is 1. The van der Waals surface area contributed by atoms with Crippen LogP contribution in [0.3, 0.4) is 0 Å². The molecule has 0 aliphatic rings. The van der Waals surface area contributed by atoms with Gasteiger partial charge in [0.2, 0.25) is 10.0 Å². The largest absolute Gasteiger partial charge is 0.480 e. The lowest BCUT2D eigenvalue weighted by atomic mass is 10.1. The van der Waals surface area contributed by atoms with Gasteiger partial charge in [-0.3, -0.25) is 4.79 Å². The van der Waals surface area contributed by atoms with Crippen LogP contribution in [-0.2, 0) is 14.8 Å². The second kappa shape index (κ2) is 22.9. The van der Waals surface area contributed by atoms with Crippen molar-refractivity contribution in [2.75, 3.05) is 5.75 Å². The highest BCUT2D eigenvalue weighted by Gasteiger charge is 2.20. The molecule has 0 rings (SSSR count). The van der Waals surface area contributed by atoms with Crippen LogP contribution in [0.5, 0.6) is 0 Å². The summed E-state index contributed by atoms with van der Waals surface area (Å²) in [6.45, 7) is 2.26. The molecule has 0 heterocycles. The van der Waals surface area contributed by atoms with Crippen molar-refractivity contribution in [2.45, 2.75) is 83.6 Å². The molecule has 0 saturated heterocycles. The Morgan fingerprint density at radius 2 is 1.21 bits per heavy atom. The van der Waals surface area contributed by atoms with Crippen molar-refractivity contribution in [2.24, 2.45) is 0 Å². The second-order valence-corrected chi connectivity index (χ2v) is 9.97. The first-order chi connectivity index (χ1) is 16.4. The number of hydrogen-bond acceptors (Lipinski definition) is 4. The van der Waals surface area contributed by atoms with Gasteiger partial charge >= 0.3 is 5.97 Å². The van der Waals surface area contributed by atoms with Gasteiger partial charge < -0.3 is 5.11 Å². The number of rotatable bonds is 21. The predicted octanol–water partition coefficient (Wildman–Crippen LogP) is 6.89. The van der Waals surface area contributed by atoms with Gasteiger partial charge in [0.25, 0.3) is 0 Å². The number of sulfonamides is 1. The quantitative estimate of drug-likeness (QED) is 0.0893. The zero-order chi connectivity index (χ0) is 25.3. The van der Waals surface area contributed by atoms with Crippen molar-refractivity contribution < 1.29 is 18.3 Å². The topological polar surface area (TPSA) is 83.5 Å². The fourth-order valence-corrected chi connectivity index (χ4v) is 4.32. The molecule has 0 aromatic rings. The molecule has 1 atom stereocenters. The molecule has 0 aromatic heterocycles. The van der Waals surface area contributed by atoms with Crippen LogP contribution in [0.2, 0.25) is 0 Å². The lowest BCUT2D eigenvalue weighted by molar-refractivity contribution is -0.138. The maximum atomic E-state index is 11.7. The third-order valence-electron chi connectivity index (χ3n) is 4.91. The lowest BCUT2D eigenvalue weighted by Crippen LogP contribution is -2.41. The van der Waals surface area contributed by atoms with E-state index in [4.69, 9.17) is 5.11 Å². The Morgan fingerprint density at radius 3 is 1.68 bits per heavy atom. The molecule has 34 heavy (non-hydrogen) atoms. The fraction of sp³-hybridized carbons (Fsp3) is 0.519. The lowest BCUT2D eigenvalue weighted by Gasteiger charge is -2.09. The molecule has 2 N–H and O–H groups in total. The normalized spacial score (nSPS) is 14.2. The van der Waals surface area contributed by atoms with E-state index < -0.39 is 22.0 Å². The number of carbonyl (C=O) groups is 1. The average molecular weight is 510 g/mol. The smallest absolute Gasteiger partial charge is 0.322 e. The predicted molar refractivity (Wildman–Crippen MR) is 149 cm³/mol. The summed E-state index contributed by atoms with van der Waals surface area (Å²) in [5.41, 5.74) is 0. The molecule has 0 aromatic carbocycles. The van der Waals surface area contributed by atoms with Gasteiger partial charge in [-0.25, -0.2) is 8.42 Å². The second-order valence-electron chi connectivity index (χ2n) is 8.00. The zero-order valence-electron chi connectivity index (χ0n) is 20.5. The van der Waals surface area contributed by atoms with E-state index in [-0.39, 0.29) is 5.75 Å². The minimum atomic E-state index is -3.83. The summed E-state index contributed by atoms with van der Waals surface area (Å²) in [6.07, 6.45) is 34.9. The van der Waals surface area contributed by atoms with Crippen molar-refractivity contribution in [3.05, 3.63) is 72.2 Å². The summed E-state index contributed by atoms with van der Waals surface area (Å²) in [7, 11) is -3.83. The summed E-state index contributed by atoms with van der Waals surface area (Å²) in [6, 6.07) is -1.25. The van der Waals surface area contributed by atoms with Crippen LogP contribution in [0, 0.1) is 0 Å². The van der Waals surface area contributed by atoms with E-state index in [9.17, 15) is 13.2 Å². The maximum absolute atomic E-state index is 11.7. The Morgan fingerprint density at radius 1 is 0.765 bits per heavy atom. The molecule has 7 heteroatoms. The molecule has 0 unspecified atom stereocenters. The Hall–Kier alpha value is -1.83. The molecule has 0 amide bonds. The van der Waals surface area contributed by atoms with Crippen LogP contribution in [0.4, 0.5) is 0 Å². The van der Waals surface area contributed by atoms with Crippen LogP contribution in [0.25, 0.3) is 0 Å². The molecule has 0 radical (unpaired) electrons. The highest BCUT2D eigenvalue weighted by Crippen LogP contribution is 2.11. The summed E-state index contributed by atoms with van der Waals surface area (Å²) in [4.78, 5) is 10.8. The van der Waals surface area contributed by atoms with Crippen LogP contribution in [-0.4, -0.2) is 31.3 Å². The molecule has 0 saturated carbocycles. The summed E-state index contributed by atoms with van der Waals surface area (Å²) in [5.74, 6) is -1.40. The van der Waals surface area contributed by atoms with E-state index in [1.165, 1.54) is 70.3 Å². The average Bonchev–Trinajstić information content (AvgIpc) is 2.80. The first kappa shape index (κ1) is 32.2. The van der Waals surface area contributed by atoms with Crippen LogP contribution in [0.1, 0.15) is 77.6 Å². The molecule has 5 nitrogen and oxygen atoms in total. The van der Waals surface area contributed by atoms with Crippen LogP contribution < -0.4 is 4.72 Å². The van der Waals surface area contributed by atoms with E-state index in [2.05, 4.69) is 31.7 Å². The molecule has 0 aliphatic carbocycles. The Bertz CT molecular complexity index is 793. The van der Waals surface area contributed by atoms with Gasteiger partial charge in [-0.05, 0) is 18.9 Å². The number of allylic oxidation sites excluding steroid dienone is 11. The minimum absolute atomic E-state index is 0.128. The van der Waals surface area contributed by atoms with E-state index in [1.807, 2.05) is 35.1 Å². The molecule has 0 aliphatic heterocycles. The van der Waals surface area contributed by atoms with Gasteiger partial charge in [-0.2, -0.15) is 17.4 Å². The number of thiol groups is 1. The Labute approximate surface area is 213 Å². The van der Waals surface area contributed by atoms with E-state index in [0.717, 1.165) is 11.8 Å². The number of aliphatic carboxylic acids is 1. The van der Waals surface area contributed by atoms with Crippen molar-refractivity contribution in [3.63, 3.8) is 0 Å². The van der Waals surface area contributed by atoms with Crippen molar-refractivity contribution >= 4 is 28.6 Å². The molecular weight excluding hydrogens is 466 g/mol. The molecular formula is C27H43NO4S2. The van der Waals surface area contributed by atoms with Crippen molar-refractivity contribution in [3.8, 4) is 0 Å². The first-order valence-corrected chi connectivity index (χ1v) is 14.5. The maximum Gasteiger partial charge on any atom is 0.322 e. The van der Waals surface area contributed by atoms with Gasteiger partial charge in [-0.1, -0.05) is 125 Å². The standard InChI is InChI=1S/C27H43NO4S2/c1-2-3-4-5-6-7-8-9-10-11-12-13-14-15-16-17-18-19-20-21-22-23-24-34(31,32)28-26(25-33)27(29)30/h13-24,26,28,33H,2-12,25H2,1H3,(H,29,30)/t26-/m0/s1. The SMILES string of the molecule is CCCCCCCCCCCCC=CC=CC=CC=CC=CC=CS(=O)(=O)N[C@@H](CS)C(=O)O. The highest BCUT2D eigenvalue weighted by molar-refractivity contribution is 7.92. The van der Waals surface area contributed by atoms with Crippen LogP contribution in [0.15, 0.2) is 72.2 Å². The van der Waals surface area contributed by atoms with E-state index in [1.54, 1.807) is 18.2 Å². The Balaban J connectivity index is 3.87. The monoisotopic (exact) mass is 509 g/mol. The van der Waals surface area contributed by atoms with Crippen molar-refractivity contribution in [1.29, 1.82) is 0 Å². The number of carboxylic acid groups (broad SMARTS) is 1. The minimum Gasteiger partial charge on any atom is -0.480 e. The summed E-state index contributed by atoms with van der Waals surface area (Å²) < 4.78 is 25.5. The Kier molecular flexibility index (Phi) is 21.7. The fourth-order valence-electron chi connectivity index (χ4n) is 2.99. The van der Waals surface area contributed by atoms with Gasteiger partial charge in [0.05, 0.1) is 0 Å². The highest BCUT2D eigenvalue weighted by atomic mass is 32.2. The van der Waals surface area contributed by atoms with Crippen molar-refractivity contribution in [1.82, 2.24) is 4.72 Å². The molecule has 0 bridgehead atoms. The van der Waals surface area contributed by atoms with Gasteiger partial charge in [0.1, 0.15) is 6.04 Å². The molecule has 0 spiro atoms. The van der Waals surface area contributed by atoms with Gasteiger partial charge in [0, 0.05) is 11.2 Å². The number of nitrogens with one attached hydrogen (secondary N) is 1. The van der Waals surface area contributed by atoms with Crippen LogP contribution >= 0.6 is 12.6 Å². The zero-order valence-corrected chi connectivity index (χ0v) is 22.2. The summed E-state index contributed by atoms with van der Waals surface area (Å²) >= 11 is 3.82. The van der Waals surface area contributed by atoms with Gasteiger partial charge in [-0.15, -0.1) is 0 Å². The molecule has 0 fully saturated rings. The number of unbranched alkanes of at least 4 members (excludes halogenated alkanes) is 10. The third-order valence-corrected chi connectivity index (χ3v) is 6.40. The number of hydrogen-bond donors (Lipinski definition) is 3. The van der Waals surface area contributed by atoms with E-state index in [0.29, 0.717) is 0 Å².